The first-order valence-corrected chi connectivity index (χ1v) is 3.55. The molecule has 1 aliphatic rings. The zero-order valence-corrected chi connectivity index (χ0v) is 5.85. The van der Waals surface area contributed by atoms with Crippen LogP contribution in [0.1, 0.15) is 11.1 Å². The smallest absolute Gasteiger partial charge is 0.0376 e. The average Bonchev–Trinajstić information content (AvgIpc) is 2.33. The van der Waals surface area contributed by atoms with Crippen molar-refractivity contribution in [2.75, 3.05) is 11.9 Å². The Balaban J connectivity index is 2.52. The Bertz CT molecular complexity index is 253. The minimum atomic E-state index is 1.08. The molecule has 0 saturated carbocycles. The van der Waals surface area contributed by atoms with E-state index in [-0.39, 0.29) is 0 Å². The number of hydrogen-bond acceptors (Lipinski definition) is 1. The van der Waals surface area contributed by atoms with Gasteiger partial charge in [-0.15, -0.1) is 0 Å². The van der Waals surface area contributed by atoms with Gasteiger partial charge in [-0.25, -0.2) is 0 Å². The Morgan fingerprint density at radius 1 is 1.40 bits per heavy atom. The van der Waals surface area contributed by atoms with Crippen molar-refractivity contribution in [2.24, 2.45) is 0 Å². The molecule has 1 nitrogen and oxygen atoms in total. The summed E-state index contributed by atoms with van der Waals surface area (Å²) in [6, 6.07) is 6.31. The van der Waals surface area contributed by atoms with Crippen molar-refractivity contribution in [3.63, 3.8) is 0 Å². The molecule has 0 spiro atoms. The second-order valence-corrected chi connectivity index (χ2v) is 2.67. The summed E-state index contributed by atoms with van der Waals surface area (Å²) in [7, 11) is 0. The summed E-state index contributed by atoms with van der Waals surface area (Å²) in [6.45, 7) is 4.94. The van der Waals surface area contributed by atoms with Crippen molar-refractivity contribution < 1.29 is 0 Å². The molecule has 0 fully saturated rings. The van der Waals surface area contributed by atoms with Crippen LogP contribution in [0.4, 0.5) is 5.69 Å². The molecule has 1 aliphatic heterocycles. The predicted octanol–water partition coefficient (Wildman–Crippen LogP) is 1.84. The molecule has 10 heavy (non-hydrogen) atoms. The number of hydrogen-bond donors (Lipinski definition) is 1. The molecular weight excluding hydrogens is 122 g/mol. The molecule has 0 unspecified atom stereocenters. The average molecular weight is 132 g/mol. The summed E-state index contributed by atoms with van der Waals surface area (Å²) in [5.74, 6) is 0. The normalized spacial score (nSPS) is 14.5. The summed E-state index contributed by atoms with van der Waals surface area (Å²) >= 11 is 0. The summed E-state index contributed by atoms with van der Waals surface area (Å²) in [5.41, 5.74) is 3.79. The first-order chi connectivity index (χ1) is 4.86. The first-order valence-electron chi connectivity index (χ1n) is 3.55. The van der Waals surface area contributed by atoms with E-state index >= 15 is 0 Å². The summed E-state index contributed by atoms with van der Waals surface area (Å²) in [5, 5.41) is 3.30. The van der Waals surface area contributed by atoms with Gasteiger partial charge in [-0.1, -0.05) is 12.1 Å². The lowest BCUT2D eigenvalue weighted by Crippen LogP contribution is -1.90. The van der Waals surface area contributed by atoms with Gasteiger partial charge in [0.15, 0.2) is 0 Å². The van der Waals surface area contributed by atoms with Crippen LogP contribution in [0.25, 0.3) is 0 Å². The van der Waals surface area contributed by atoms with Gasteiger partial charge in [-0.3, -0.25) is 0 Å². The van der Waals surface area contributed by atoms with Crippen LogP contribution >= 0.6 is 0 Å². The highest BCUT2D eigenvalue weighted by Crippen LogP contribution is 2.22. The summed E-state index contributed by atoms with van der Waals surface area (Å²) in [4.78, 5) is 0. The van der Waals surface area contributed by atoms with Gasteiger partial charge in [0.05, 0.1) is 0 Å². The maximum Gasteiger partial charge on any atom is 0.0376 e. The first kappa shape index (κ1) is 5.78. The molecule has 2 rings (SSSR count). The lowest BCUT2D eigenvalue weighted by Gasteiger charge is -1.98. The molecule has 0 saturated heterocycles. The maximum absolute atomic E-state index is 3.86. The van der Waals surface area contributed by atoms with Crippen molar-refractivity contribution in [3.05, 3.63) is 36.2 Å². The van der Waals surface area contributed by atoms with Gasteiger partial charge < -0.3 is 5.32 Å². The van der Waals surface area contributed by atoms with E-state index in [9.17, 15) is 0 Å². The van der Waals surface area contributed by atoms with Crippen LogP contribution in [0.15, 0.2) is 18.2 Å². The van der Waals surface area contributed by atoms with Gasteiger partial charge in [0.1, 0.15) is 0 Å². The van der Waals surface area contributed by atoms with E-state index in [2.05, 4.69) is 30.4 Å². The molecule has 0 amide bonds. The van der Waals surface area contributed by atoms with Crippen molar-refractivity contribution in [3.8, 4) is 0 Å². The van der Waals surface area contributed by atoms with Crippen LogP contribution in [0.3, 0.4) is 0 Å². The molecule has 51 valence electrons. The van der Waals surface area contributed by atoms with Gasteiger partial charge in [0.25, 0.3) is 0 Å². The predicted molar refractivity (Wildman–Crippen MR) is 43.1 cm³/mol. The molecule has 1 aromatic rings. The molecule has 1 aromatic carbocycles. The van der Waals surface area contributed by atoms with E-state index in [1.807, 2.05) is 0 Å². The van der Waals surface area contributed by atoms with E-state index in [0.717, 1.165) is 18.5 Å². The molecule has 1 N–H and O–H groups in total. The SMILES string of the molecule is [CH2]c1ccc2c(c1)NCC2. The Morgan fingerprint density at radius 3 is 3.20 bits per heavy atom. The van der Waals surface area contributed by atoms with Crippen LogP contribution in [0, 0.1) is 6.92 Å². The fourth-order valence-corrected chi connectivity index (χ4v) is 1.34. The van der Waals surface area contributed by atoms with Crippen molar-refractivity contribution >= 4 is 5.69 Å². The third kappa shape index (κ3) is 0.783. The highest BCUT2D eigenvalue weighted by molar-refractivity contribution is 5.57. The molecular formula is C9H10N. The van der Waals surface area contributed by atoms with Gasteiger partial charge in [0.2, 0.25) is 0 Å². The lowest BCUT2D eigenvalue weighted by atomic mass is 10.1. The molecule has 1 heteroatoms. The number of fused-ring (bicyclic) bond motifs is 1. The number of benzene rings is 1. The standard InChI is InChI=1S/C9H10N/c1-7-2-3-8-4-5-10-9(8)6-7/h2-3,6,10H,1,4-5H2. The maximum atomic E-state index is 3.86. The largest absolute Gasteiger partial charge is 0.384 e. The Hall–Kier alpha value is -0.980. The van der Waals surface area contributed by atoms with Crippen LogP contribution in [0.2, 0.25) is 0 Å². The third-order valence-corrected chi connectivity index (χ3v) is 1.88. The topological polar surface area (TPSA) is 12.0 Å². The summed E-state index contributed by atoms with van der Waals surface area (Å²) in [6.07, 6.45) is 1.16. The van der Waals surface area contributed by atoms with Gasteiger partial charge in [0, 0.05) is 12.2 Å². The number of nitrogens with one attached hydrogen (secondary N) is 1. The van der Waals surface area contributed by atoms with Gasteiger partial charge in [-0.05, 0) is 30.5 Å². The van der Waals surface area contributed by atoms with Crippen molar-refractivity contribution in [2.45, 2.75) is 6.42 Å². The lowest BCUT2D eigenvalue weighted by molar-refractivity contribution is 1.11. The fraction of sp³-hybridized carbons (Fsp3) is 0.222. The molecule has 0 aliphatic carbocycles. The highest BCUT2D eigenvalue weighted by atomic mass is 14.9. The molecule has 0 bridgehead atoms. The third-order valence-electron chi connectivity index (χ3n) is 1.88. The fourth-order valence-electron chi connectivity index (χ4n) is 1.34. The minimum Gasteiger partial charge on any atom is -0.384 e. The molecule has 0 atom stereocenters. The van der Waals surface area contributed by atoms with E-state index < -0.39 is 0 Å². The van der Waals surface area contributed by atoms with Crippen molar-refractivity contribution in [1.82, 2.24) is 0 Å². The molecule has 1 radical (unpaired) electrons. The van der Waals surface area contributed by atoms with Gasteiger partial charge in [-0.2, -0.15) is 0 Å². The second kappa shape index (κ2) is 2.01. The van der Waals surface area contributed by atoms with Crippen molar-refractivity contribution in [1.29, 1.82) is 0 Å². The zero-order valence-electron chi connectivity index (χ0n) is 5.85. The Kier molecular flexibility index (Phi) is 1.16. The Morgan fingerprint density at radius 2 is 2.30 bits per heavy atom. The van der Waals surface area contributed by atoms with Crippen LogP contribution < -0.4 is 5.32 Å². The van der Waals surface area contributed by atoms with E-state index in [4.69, 9.17) is 0 Å². The van der Waals surface area contributed by atoms with E-state index in [1.54, 1.807) is 0 Å². The minimum absolute atomic E-state index is 1.08. The van der Waals surface area contributed by atoms with E-state index in [1.165, 1.54) is 11.3 Å². The van der Waals surface area contributed by atoms with Crippen LogP contribution in [-0.4, -0.2) is 6.54 Å². The highest BCUT2D eigenvalue weighted by Gasteiger charge is 2.07. The summed E-state index contributed by atoms with van der Waals surface area (Å²) < 4.78 is 0. The Labute approximate surface area is 61.1 Å². The quantitative estimate of drug-likeness (QED) is 0.568. The van der Waals surface area contributed by atoms with Gasteiger partial charge >= 0.3 is 0 Å². The molecule has 0 aromatic heterocycles. The number of rotatable bonds is 0. The molecule has 1 heterocycles. The number of anilines is 1. The van der Waals surface area contributed by atoms with E-state index in [0.29, 0.717) is 0 Å². The zero-order chi connectivity index (χ0) is 6.97. The monoisotopic (exact) mass is 132 g/mol. The van der Waals surface area contributed by atoms with Crippen LogP contribution in [0.5, 0.6) is 0 Å². The van der Waals surface area contributed by atoms with Crippen LogP contribution in [-0.2, 0) is 6.42 Å². The second-order valence-electron chi connectivity index (χ2n) is 2.67.